The van der Waals surface area contributed by atoms with E-state index in [1.807, 2.05) is 13.0 Å². The van der Waals surface area contributed by atoms with Crippen molar-refractivity contribution in [1.29, 1.82) is 0 Å². The van der Waals surface area contributed by atoms with Gasteiger partial charge in [-0.3, -0.25) is 4.79 Å². The van der Waals surface area contributed by atoms with E-state index in [4.69, 9.17) is 4.74 Å². The number of hydrogen-bond acceptors (Lipinski definition) is 4. The van der Waals surface area contributed by atoms with Crippen LogP contribution in [0.5, 0.6) is 0 Å². The van der Waals surface area contributed by atoms with Gasteiger partial charge in [0.15, 0.2) is 0 Å². The highest BCUT2D eigenvalue weighted by Gasteiger charge is 2.19. The molecule has 0 spiro atoms. The summed E-state index contributed by atoms with van der Waals surface area (Å²) in [6.07, 6.45) is 4.04. The number of benzene rings is 1. The van der Waals surface area contributed by atoms with Crippen LogP contribution >= 0.6 is 0 Å². The molecule has 1 aliphatic rings. The van der Waals surface area contributed by atoms with Gasteiger partial charge in [0.05, 0.1) is 30.7 Å². The van der Waals surface area contributed by atoms with E-state index in [1.165, 1.54) is 0 Å². The Morgan fingerprint density at radius 3 is 2.95 bits per heavy atom. The highest BCUT2D eigenvalue weighted by Crippen LogP contribution is 2.16. The molecule has 6 heteroatoms. The van der Waals surface area contributed by atoms with Gasteiger partial charge < -0.3 is 10.1 Å². The monoisotopic (exact) mass is 272 g/mol. The number of carbonyl (C=O) groups is 1. The number of nitrogens with zero attached hydrogens (tertiary/aromatic N) is 3. The highest BCUT2D eigenvalue weighted by molar-refractivity contribution is 5.78. The van der Waals surface area contributed by atoms with Gasteiger partial charge in [-0.15, -0.1) is 0 Å². The Morgan fingerprint density at radius 1 is 1.40 bits per heavy atom. The van der Waals surface area contributed by atoms with Crippen molar-refractivity contribution in [1.82, 2.24) is 20.3 Å². The van der Waals surface area contributed by atoms with E-state index >= 15 is 0 Å². The fourth-order valence-corrected chi connectivity index (χ4v) is 2.34. The van der Waals surface area contributed by atoms with E-state index in [0.29, 0.717) is 6.61 Å². The summed E-state index contributed by atoms with van der Waals surface area (Å²) >= 11 is 0. The van der Waals surface area contributed by atoms with Crippen LogP contribution in [0.1, 0.15) is 11.1 Å². The van der Waals surface area contributed by atoms with Gasteiger partial charge in [0.1, 0.15) is 6.61 Å². The van der Waals surface area contributed by atoms with Gasteiger partial charge in [-0.05, 0) is 30.5 Å². The average Bonchev–Trinajstić information content (AvgIpc) is 2.95. The van der Waals surface area contributed by atoms with E-state index < -0.39 is 0 Å². The molecule has 0 aliphatic carbocycles. The van der Waals surface area contributed by atoms with Crippen LogP contribution in [0.4, 0.5) is 0 Å². The Balaban J connectivity index is 1.80. The minimum absolute atomic E-state index is 0.0254. The molecule has 20 heavy (non-hydrogen) atoms. The largest absolute Gasteiger partial charge is 0.369 e. The molecule has 2 aromatic rings. The number of nitrogens with one attached hydrogen (secondary N) is 1. The molecule has 1 aliphatic heterocycles. The molecule has 1 unspecified atom stereocenters. The molecule has 0 saturated carbocycles. The lowest BCUT2D eigenvalue weighted by Crippen LogP contribution is -2.46. The lowest BCUT2D eigenvalue weighted by Gasteiger charge is -2.23. The van der Waals surface area contributed by atoms with Gasteiger partial charge in [0, 0.05) is 0 Å². The van der Waals surface area contributed by atoms with Crippen molar-refractivity contribution >= 4 is 5.91 Å². The SMILES string of the molecule is Cc1ccc(CC2COCC(=O)N2)cc1-n1nccn1. The molecule has 1 N–H and O–H groups in total. The van der Waals surface area contributed by atoms with Crippen molar-refractivity contribution in [3.8, 4) is 5.69 Å². The van der Waals surface area contributed by atoms with E-state index in [-0.39, 0.29) is 18.6 Å². The molecule has 1 amide bonds. The molecule has 1 atom stereocenters. The maximum Gasteiger partial charge on any atom is 0.246 e. The number of ether oxygens (including phenoxy) is 1. The zero-order valence-corrected chi connectivity index (χ0v) is 11.2. The van der Waals surface area contributed by atoms with Crippen LogP contribution in [0, 0.1) is 6.92 Å². The van der Waals surface area contributed by atoms with Crippen molar-refractivity contribution in [3.05, 3.63) is 41.7 Å². The summed E-state index contributed by atoms with van der Waals surface area (Å²) < 4.78 is 5.25. The average molecular weight is 272 g/mol. The van der Waals surface area contributed by atoms with Crippen LogP contribution in [0.25, 0.3) is 5.69 Å². The Bertz CT molecular complexity index is 610. The van der Waals surface area contributed by atoms with Crippen molar-refractivity contribution < 1.29 is 9.53 Å². The zero-order valence-electron chi connectivity index (χ0n) is 11.2. The lowest BCUT2D eigenvalue weighted by atomic mass is 10.0. The van der Waals surface area contributed by atoms with Crippen molar-refractivity contribution in [2.45, 2.75) is 19.4 Å². The molecule has 6 nitrogen and oxygen atoms in total. The molecular weight excluding hydrogens is 256 g/mol. The lowest BCUT2D eigenvalue weighted by molar-refractivity contribution is -0.131. The number of hydrogen-bond donors (Lipinski definition) is 1. The smallest absolute Gasteiger partial charge is 0.246 e. The molecule has 1 fully saturated rings. The van der Waals surface area contributed by atoms with Crippen molar-refractivity contribution in [3.63, 3.8) is 0 Å². The van der Waals surface area contributed by atoms with Crippen LogP contribution in [0.3, 0.4) is 0 Å². The molecule has 1 aromatic carbocycles. The van der Waals surface area contributed by atoms with Crippen LogP contribution < -0.4 is 5.32 Å². The second-order valence-corrected chi connectivity index (χ2v) is 4.92. The first-order chi connectivity index (χ1) is 9.72. The molecule has 1 aromatic heterocycles. The highest BCUT2D eigenvalue weighted by atomic mass is 16.5. The van der Waals surface area contributed by atoms with Gasteiger partial charge in [0.25, 0.3) is 0 Å². The summed E-state index contributed by atoms with van der Waals surface area (Å²) in [5.74, 6) is -0.0534. The number of amides is 1. The minimum atomic E-state index is -0.0534. The Morgan fingerprint density at radius 2 is 2.20 bits per heavy atom. The first kappa shape index (κ1) is 12.8. The van der Waals surface area contributed by atoms with Crippen molar-refractivity contribution in [2.75, 3.05) is 13.2 Å². The van der Waals surface area contributed by atoms with Crippen LogP contribution in [-0.4, -0.2) is 40.2 Å². The third-order valence-electron chi connectivity index (χ3n) is 3.31. The fraction of sp³-hybridized carbons (Fsp3) is 0.357. The van der Waals surface area contributed by atoms with E-state index in [0.717, 1.165) is 23.2 Å². The molecular formula is C14H16N4O2. The summed E-state index contributed by atoms with van der Waals surface area (Å²) in [6.45, 7) is 2.73. The molecule has 0 bridgehead atoms. The van der Waals surface area contributed by atoms with Crippen molar-refractivity contribution in [2.24, 2.45) is 0 Å². The van der Waals surface area contributed by atoms with E-state index in [9.17, 15) is 4.79 Å². The predicted octanol–water partition coefficient (Wildman–Crippen LogP) is 0.633. The Hall–Kier alpha value is -2.21. The summed E-state index contributed by atoms with van der Waals surface area (Å²) in [7, 11) is 0. The quantitative estimate of drug-likeness (QED) is 0.890. The number of morpholine rings is 1. The van der Waals surface area contributed by atoms with E-state index in [1.54, 1.807) is 17.2 Å². The standard InChI is InChI=1S/C14H16N4O2/c1-10-2-3-11(6-12-8-20-9-14(19)17-12)7-13(10)18-15-4-5-16-18/h2-5,7,12H,6,8-9H2,1H3,(H,17,19). The topological polar surface area (TPSA) is 69.0 Å². The van der Waals surface area contributed by atoms with Gasteiger partial charge >= 0.3 is 0 Å². The number of carbonyl (C=O) groups excluding carboxylic acids is 1. The first-order valence-electron chi connectivity index (χ1n) is 6.56. The van der Waals surface area contributed by atoms with E-state index in [2.05, 4.69) is 27.6 Å². The number of aryl methyl sites for hydroxylation is 1. The maximum atomic E-state index is 11.3. The fourth-order valence-electron chi connectivity index (χ4n) is 2.34. The Labute approximate surface area is 116 Å². The maximum absolute atomic E-state index is 11.3. The molecule has 104 valence electrons. The normalized spacial score (nSPS) is 18.9. The zero-order chi connectivity index (χ0) is 13.9. The molecule has 1 saturated heterocycles. The van der Waals surface area contributed by atoms with Crippen LogP contribution in [0.15, 0.2) is 30.6 Å². The minimum Gasteiger partial charge on any atom is -0.369 e. The number of rotatable bonds is 3. The van der Waals surface area contributed by atoms with Gasteiger partial charge in [0.2, 0.25) is 5.91 Å². The molecule has 2 heterocycles. The molecule has 3 rings (SSSR count). The summed E-state index contributed by atoms with van der Waals surface area (Å²) in [5, 5.41) is 11.2. The first-order valence-corrected chi connectivity index (χ1v) is 6.56. The predicted molar refractivity (Wildman–Crippen MR) is 72.5 cm³/mol. The third-order valence-corrected chi connectivity index (χ3v) is 3.31. The Kier molecular flexibility index (Phi) is 3.47. The summed E-state index contributed by atoms with van der Waals surface area (Å²) in [5.41, 5.74) is 3.18. The summed E-state index contributed by atoms with van der Waals surface area (Å²) in [4.78, 5) is 12.9. The van der Waals surface area contributed by atoms with Gasteiger partial charge in [-0.2, -0.15) is 15.0 Å². The van der Waals surface area contributed by atoms with Gasteiger partial charge in [-0.25, -0.2) is 0 Å². The third kappa shape index (κ3) is 2.70. The second-order valence-electron chi connectivity index (χ2n) is 4.92. The number of aromatic nitrogens is 3. The second kappa shape index (κ2) is 5.42. The van der Waals surface area contributed by atoms with Crippen LogP contribution in [0.2, 0.25) is 0 Å². The van der Waals surface area contributed by atoms with Crippen LogP contribution in [-0.2, 0) is 16.0 Å². The molecule has 0 radical (unpaired) electrons. The summed E-state index contributed by atoms with van der Waals surface area (Å²) in [6, 6.07) is 6.18. The van der Waals surface area contributed by atoms with Gasteiger partial charge in [-0.1, -0.05) is 12.1 Å².